The largest absolute Gasteiger partial charge is 0.395 e. The van der Waals surface area contributed by atoms with E-state index in [1.54, 1.807) is 30.6 Å². The Labute approximate surface area is 109 Å². The van der Waals surface area contributed by atoms with Crippen molar-refractivity contribution in [1.82, 2.24) is 15.3 Å². The molecule has 0 aromatic carbocycles. The molecule has 6 heteroatoms. The van der Waals surface area contributed by atoms with Gasteiger partial charge in [-0.2, -0.15) is 0 Å². The van der Waals surface area contributed by atoms with Crippen LogP contribution in [0.25, 0.3) is 11.3 Å². The van der Waals surface area contributed by atoms with Gasteiger partial charge in [-0.3, -0.25) is 14.6 Å². The molecule has 98 valence electrons. The van der Waals surface area contributed by atoms with Crippen molar-refractivity contribution in [2.24, 2.45) is 0 Å². The van der Waals surface area contributed by atoms with Gasteiger partial charge in [-0.05, 0) is 24.3 Å². The summed E-state index contributed by atoms with van der Waals surface area (Å²) < 4.78 is 0. The average Bonchev–Trinajstić information content (AvgIpc) is 2.45. The number of aliphatic hydroxyl groups is 1. The van der Waals surface area contributed by atoms with E-state index >= 15 is 0 Å². The van der Waals surface area contributed by atoms with Crippen LogP contribution in [0.5, 0.6) is 0 Å². The maximum atomic E-state index is 11.8. The van der Waals surface area contributed by atoms with E-state index in [1.165, 1.54) is 6.07 Å². The molecule has 1 amide bonds. The van der Waals surface area contributed by atoms with Crippen LogP contribution in [-0.2, 0) is 0 Å². The Morgan fingerprint density at radius 2 is 2.00 bits per heavy atom. The fourth-order valence-electron chi connectivity index (χ4n) is 1.62. The topological polar surface area (TPSA) is 95.1 Å². The number of hydrogen-bond donors (Lipinski definition) is 3. The highest BCUT2D eigenvalue weighted by molar-refractivity contribution is 5.94. The fraction of sp³-hybridized carbons (Fsp3) is 0.154. The summed E-state index contributed by atoms with van der Waals surface area (Å²) in [5.74, 6) is -0.503. The number of carbonyl (C=O) groups is 1. The molecule has 0 aliphatic carbocycles. The van der Waals surface area contributed by atoms with E-state index in [0.29, 0.717) is 5.69 Å². The van der Waals surface area contributed by atoms with Crippen molar-refractivity contribution < 1.29 is 9.90 Å². The Hall–Kier alpha value is -2.47. The number of hydrogen-bond acceptors (Lipinski definition) is 4. The molecule has 2 aromatic rings. The first-order valence-electron chi connectivity index (χ1n) is 5.75. The summed E-state index contributed by atoms with van der Waals surface area (Å²) >= 11 is 0. The molecule has 0 atom stereocenters. The number of H-pyrrole nitrogens is 1. The van der Waals surface area contributed by atoms with E-state index in [2.05, 4.69) is 15.3 Å². The summed E-state index contributed by atoms with van der Waals surface area (Å²) in [4.78, 5) is 30.0. The Kier molecular flexibility index (Phi) is 4.04. The van der Waals surface area contributed by atoms with E-state index in [1.807, 2.05) is 0 Å². The minimum Gasteiger partial charge on any atom is -0.395 e. The van der Waals surface area contributed by atoms with Crippen molar-refractivity contribution in [2.75, 3.05) is 13.2 Å². The van der Waals surface area contributed by atoms with E-state index in [-0.39, 0.29) is 18.7 Å². The van der Waals surface area contributed by atoms with Gasteiger partial charge in [0.25, 0.3) is 11.5 Å². The molecule has 0 aliphatic heterocycles. The fourth-order valence-corrected chi connectivity index (χ4v) is 1.62. The summed E-state index contributed by atoms with van der Waals surface area (Å²) in [5, 5.41) is 11.0. The lowest BCUT2D eigenvalue weighted by atomic mass is 10.1. The molecular weight excluding hydrogens is 246 g/mol. The van der Waals surface area contributed by atoms with Gasteiger partial charge in [-0.15, -0.1) is 0 Å². The Morgan fingerprint density at radius 3 is 2.63 bits per heavy atom. The molecule has 0 bridgehead atoms. The lowest BCUT2D eigenvalue weighted by Crippen LogP contribution is -2.31. The zero-order valence-corrected chi connectivity index (χ0v) is 10.1. The molecule has 0 spiro atoms. The number of aromatic nitrogens is 2. The summed E-state index contributed by atoms with van der Waals surface area (Å²) in [5.41, 5.74) is 0.983. The van der Waals surface area contributed by atoms with Gasteiger partial charge in [-0.25, -0.2) is 0 Å². The SMILES string of the molecule is O=C(NCCO)c1ccc(-c2ccncc2)[nH]c1=O. The number of amides is 1. The van der Waals surface area contributed by atoms with Gasteiger partial charge in [0.2, 0.25) is 0 Å². The monoisotopic (exact) mass is 259 g/mol. The molecule has 0 radical (unpaired) electrons. The number of aromatic amines is 1. The summed E-state index contributed by atoms with van der Waals surface area (Å²) in [6.45, 7) is -0.0525. The van der Waals surface area contributed by atoms with Gasteiger partial charge in [0.1, 0.15) is 5.56 Å². The van der Waals surface area contributed by atoms with E-state index in [9.17, 15) is 9.59 Å². The third-order valence-corrected chi connectivity index (χ3v) is 2.54. The molecular formula is C13H13N3O3. The minimum absolute atomic E-state index is 0.0197. The third-order valence-electron chi connectivity index (χ3n) is 2.54. The molecule has 3 N–H and O–H groups in total. The van der Waals surface area contributed by atoms with Crippen LogP contribution in [0.1, 0.15) is 10.4 Å². The van der Waals surface area contributed by atoms with Gasteiger partial charge in [0, 0.05) is 30.2 Å². The number of pyridine rings is 2. The Bertz CT molecular complexity index is 623. The first kappa shape index (κ1) is 13.0. The van der Waals surface area contributed by atoms with Crippen LogP contribution in [0.4, 0.5) is 0 Å². The van der Waals surface area contributed by atoms with Crippen LogP contribution < -0.4 is 10.9 Å². The van der Waals surface area contributed by atoms with Crippen molar-refractivity contribution in [1.29, 1.82) is 0 Å². The molecule has 0 aliphatic rings. The van der Waals surface area contributed by atoms with Crippen LogP contribution in [0.3, 0.4) is 0 Å². The minimum atomic E-state index is -0.503. The van der Waals surface area contributed by atoms with Gasteiger partial charge >= 0.3 is 0 Å². The van der Waals surface area contributed by atoms with Crippen LogP contribution in [0.15, 0.2) is 41.5 Å². The number of carbonyl (C=O) groups excluding carboxylic acids is 1. The first-order chi connectivity index (χ1) is 9.22. The van der Waals surface area contributed by atoms with E-state index in [4.69, 9.17) is 5.11 Å². The van der Waals surface area contributed by atoms with Crippen LogP contribution >= 0.6 is 0 Å². The second-order valence-electron chi connectivity index (χ2n) is 3.83. The van der Waals surface area contributed by atoms with E-state index in [0.717, 1.165) is 5.56 Å². The van der Waals surface area contributed by atoms with Gasteiger partial charge < -0.3 is 15.4 Å². The molecule has 0 unspecified atom stereocenters. The lowest BCUT2D eigenvalue weighted by molar-refractivity contribution is 0.0943. The Morgan fingerprint density at radius 1 is 1.26 bits per heavy atom. The number of aliphatic hydroxyl groups excluding tert-OH is 1. The van der Waals surface area contributed by atoms with Crippen molar-refractivity contribution in [3.63, 3.8) is 0 Å². The normalized spacial score (nSPS) is 10.2. The van der Waals surface area contributed by atoms with Crippen molar-refractivity contribution in [3.05, 3.63) is 52.6 Å². The van der Waals surface area contributed by atoms with Crippen LogP contribution in [0.2, 0.25) is 0 Å². The molecule has 2 rings (SSSR count). The molecule has 6 nitrogen and oxygen atoms in total. The number of rotatable bonds is 4. The van der Waals surface area contributed by atoms with Gasteiger partial charge in [0.05, 0.1) is 6.61 Å². The van der Waals surface area contributed by atoms with Crippen molar-refractivity contribution in [3.8, 4) is 11.3 Å². The molecule has 0 saturated heterocycles. The highest BCUT2D eigenvalue weighted by Gasteiger charge is 2.10. The molecule has 0 saturated carbocycles. The first-order valence-corrected chi connectivity index (χ1v) is 5.75. The predicted octanol–water partition coefficient (Wildman–Crippen LogP) is 0.159. The summed E-state index contributed by atoms with van der Waals surface area (Å²) in [6, 6.07) is 6.64. The van der Waals surface area contributed by atoms with Crippen molar-refractivity contribution in [2.45, 2.75) is 0 Å². The highest BCUT2D eigenvalue weighted by atomic mass is 16.3. The summed E-state index contributed by atoms with van der Waals surface area (Å²) in [7, 11) is 0. The third kappa shape index (κ3) is 3.05. The molecule has 2 heterocycles. The van der Waals surface area contributed by atoms with Gasteiger partial charge in [0.15, 0.2) is 0 Å². The zero-order chi connectivity index (χ0) is 13.7. The smallest absolute Gasteiger partial charge is 0.261 e. The van der Waals surface area contributed by atoms with Crippen molar-refractivity contribution >= 4 is 5.91 Å². The predicted molar refractivity (Wildman–Crippen MR) is 69.7 cm³/mol. The Balaban J connectivity index is 2.28. The van der Waals surface area contributed by atoms with Crippen LogP contribution in [-0.4, -0.2) is 34.1 Å². The number of nitrogens with one attached hydrogen (secondary N) is 2. The van der Waals surface area contributed by atoms with E-state index < -0.39 is 11.5 Å². The van der Waals surface area contributed by atoms with Crippen LogP contribution in [0, 0.1) is 0 Å². The second-order valence-corrected chi connectivity index (χ2v) is 3.83. The lowest BCUT2D eigenvalue weighted by Gasteiger charge is -2.04. The molecule has 19 heavy (non-hydrogen) atoms. The average molecular weight is 259 g/mol. The summed E-state index contributed by atoms with van der Waals surface area (Å²) in [6.07, 6.45) is 3.24. The highest BCUT2D eigenvalue weighted by Crippen LogP contribution is 2.13. The van der Waals surface area contributed by atoms with Gasteiger partial charge in [-0.1, -0.05) is 0 Å². The zero-order valence-electron chi connectivity index (χ0n) is 10.1. The second kappa shape index (κ2) is 5.92. The molecule has 2 aromatic heterocycles. The quantitative estimate of drug-likeness (QED) is 0.728. The standard InChI is InChI=1S/C13H13N3O3/c17-8-7-15-12(18)10-1-2-11(16-13(10)19)9-3-5-14-6-4-9/h1-6,17H,7-8H2,(H,15,18)(H,16,19). The maximum absolute atomic E-state index is 11.8. The molecule has 0 fully saturated rings. The number of nitrogens with zero attached hydrogens (tertiary/aromatic N) is 1. The maximum Gasteiger partial charge on any atom is 0.261 e.